The number of pyridine rings is 1. The third-order valence-corrected chi connectivity index (χ3v) is 3.64. The highest BCUT2D eigenvalue weighted by molar-refractivity contribution is 5.88. The molecule has 25 heavy (non-hydrogen) atoms. The summed E-state index contributed by atoms with van der Waals surface area (Å²) in [4.78, 5) is 16.0. The van der Waals surface area contributed by atoms with Gasteiger partial charge in [0.15, 0.2) is 0 Å². The van der Waals surface area contributed by atoms with Gasteiger partial charge in [-0.05, 0) is 38.1 Å². The number of para-hydroxylation sites is 1. The molecule has 0 spiro atoms. The highest BCUT2D eigenvalue weighted by atomic mass is 16.1. The number of hydrogen-bond acceptors (Lipinski definition) is 3. The number of carbonyl (C=O) groups is 1. The van der Waals surface area contributed by atoms with E-state index in [0.29, 0.717) is 6.54 Å². The van der Waals surface area contributed by atoms with Crippen molar-refractivity contribution in [2.75, 3.05) is 0 Å². The van der Waals surface area contributed by atoms with Crippen molar-refractivity contribution in [2.24, 2.45) is 0 Å². The van der Waals surface area contributed by atoms with Gasteiger partial charge < -0.3 is 5.32 Å². The van der Waals surface area contributed by atoms with Gasteiger partial charge in [0, 0.05) is 42.3 Å². The van der Waals surface area contributed by atoms with Gasteiger partial charge in [0.25, 0.3) is 0 Å². The fourth-order valence-corrected chi connectivity index (χ4v) is 2.50. The van der Waals surface area contributed by atoms with E-state index in [1.165, 1.54) is 0 Å². The summed E-state index contributed by atoms with van der Waals surface area (Å²) in [7, 11) is 0. The molecule has 1 aromatic carbocycles. The number of rotatable bonds is 5. The SMILES string of the molecule is CC(C)=CC(=O)NCc1cn(-c2ccccc2)nc1-c1ccncc1. The quantitative estimate of drug-likeness (QED) is 0.727. The van der Waals surface area contributed by atoms with Crippen LogP contribution in [-0.4, -0.2) is 20.7 Å². The van der Waals surface area contributed by atoms with Crippen molar-refractivity contribution in [3.05, 3.63) is 78.3 Å². The third-order valence-electron chi connectivity index (χ3n) is 3.64. The van der Waals surface area contributed by atoms with Gasteiger partial charge in [0.1, 0.15) is 0 Å². The number of hydrogen-bond donors (Lipinski definition) is 1. The number of amides is 1. The lowest BCUT2D eigenvalue weighted by atomic mass is 10.1. The lowest BCUT2D eigenvalue weighted by Gasteiger charge is -2.03. The fraction of sp³-hybridized carbons (Fsp3) is 0.150. The highest BCUT2D eigenvalue weighted by Crippen LogP contribution is 2.23. The Labute approximate surface area is 147 Å². The van der Waals surface area contributed by atoms with Gasteiger partial charge in [-0.2, -0.15) is 5.10 Å². The minimum absolute atomic E-state index is 0.104. The molecular weight excluding hydrogens is 312 g/mol. The first-order chi connectivity index (χ1) is 12.1. The molecule has 3 aromatic rings. The maximum atomic E-state index is 11.9. The molecule has 1 N–H and O–H groups in total. The molecule has 0 radical (unpaired) electrons. The van der Waals surface area contributed by atoms with Crippen LogP contribution < -0.4 is 5.32 Å². The van der Waals surface area contributed by atoms with Crippen LogP contribution in [0.4, 0.5) is 0 Å². The smallest absolute Gasteiger partial charge is 0.244 e. The van der Waals surface area contributed by atoms with Crippen LogP contribution >= 0.6 is 0 Å². The van der Waals surface area contributed by atoms with Crippen molar-refractivity contribution >= 4 is 5.91 Å². The molecule has 0 fully saturated rings. The summed E-state index contributed by atoms with van der Waals surface area (Å²) in [6, 6.07) is 13.7. The summed E-state index contributed by atoms with van der Waals surface area (Å²) >= 11 is 0. The first-order valence-electron chi connectivity index (χ1n) is 8.10. The molecule has 5 heteroatoms. The van der Waals surface area contributed by atoms with Crippen molar-refractivity contribution in [3.8, 4) is 16.9 Å². The molecular formula is C20H20N4O. The van der Waals surface area contributed by atoms with E-state index in [9.17, 15) is 4.79 Å². The Bertz CT molecular complexity index is 879. The zero-order chi connectivity index (χ0) is 17.6. The van der Waals surface area contributed by atoms with E-state index < -0.39 is 0 Å². The lowest BCUT2D eigenvalue weighted by Crippen LogP contribution is -2.20. The topological polar surface area (TPSA) is 59.8 Å². The van der Waals surface area contributed by atoms with Crippen LogP contribution in [0.2, 0.25) is 0 Å². The van der Waals surface area contributed by atoms with E-state index in [1.807, 2.05) is 67.2 Å². The van der Waals surface area contributed by atoms with E-state index in [2.05, 4.69) is 10.3 Å². The summed E-state index contributed by atoms with van der Waals surface area (Å²) in [6.07, 6.45) is 7.02. The number of nitrogens with zero attached hydrogens (tertiary/aromatic N) is 3. The maximum Gasteiger partial charge on any atom is 0.244 e. The molecule has 0 unspecified atom stereocenters. The predicted octanol–water partition coefficient (Wildman–Crippen LogP) is 3.52. The molecule has 0 atom stereocenters. The summed E-state index contributed by atoms with van der Waals surface area (Å²) in [5.74, 6) is -0.104. The standard InChI is InChI=1S/C20H20N4O/c1-15(2)12-19(25)22-13-17-14-24(18-6-4-3-5-7-18)23-20(17)16-8-10-21-11-9-16/h3-12,14H,13H2,1-2H3,(H,22,25). The Morgan fingerprint density at radius 1 is 1.12 bits per heavy atom. The Hall–Kier alpha value is -3.21. The van der Waals surface area contributed by atoms with Crippen molar-refractivity contribution < 1.29 is 4.79 Å². The molecule has 0 saturated carbocycles. The highest BCUT2D eigenvalue weighted by Gasteiger charge is 2.12. The minimum atomic E-state index is -0.104. The van der Waals surface area contributed by atoms with E-state index in [1.54, 1.807) is 18.5 Å². The van der Waals surface area contributed by atoms with Crippen molar-refractivity contribution in [3.63, 3.8) is 0 Å². The van der Waals surface area contributed by atoms with Gasteiger partial charge in [0.2, 0.25) is 5.91 Å². The second-order valence-corrected chi connectivity index (χ2v) is 5.96. The van der Waals surface area contributed by atoms with Crippen molar-refractivity contribution in [1.82, 2.24) is 20.1 Å². The Kier molecular flexibility index (Phi) is 5.04. The molecule has 126 valence electrons. The average molecular weight is 332 g/mol. The van der Waals surface area contributed by atoms with E-state index in [0.717, 1.165) is 28.1 Å². The number of benzene rings is 1. The van der Waals surface area contributed by atoms with Gasteiger partial charge >= 0.3 is 0 Å². The summed E-state index contributed by atoms with van der Waals surface area (Å²) in [5.41, 5.74) is 4.69. The molecule has 0 saturated heterocycles. The lowest BCUT2D eigenvalue weighted by molar-refractivity contribution is -0.116. The molecule has 0 bridgehead atoms. The van der Waals surface area contributed by atoms with Crippen LogP contribution in [0.25, 0.3) is 16.9 Å². The second-order valence-electron chi connectivity index (χ2n) is 5.96. The number of aromatic nitrogens is 3. The van der Waals surface area contributed by atoms with Gasteiger partial charge in [-0.25, -0.2) is 4.68 Å². The molecule has 2 heterocycles. The second kappa shape index (κ2) is 7.57. The zero-order valence-corrected chi connectivity index (χ0v) is 14.3. The van der Waals surface area contributed by atoms with Gasteiger partial charge in [0.05, 0.1) is 11.4 Å². The predicted molar refractivity (Wildman–Crippen MR) is 98.1 cm³/mol. The first-order valence-corrected chi connectivity index (χ1v) is 8.10. The largest absolute Gasteiger partial charge is 0.348 e. The third kappa shape index (κ3) is 4.20. The molecule has 0 aliphatic heterocycles. The van der Waals surface area contributed by atoms with Crippen LogP contribution in [0.15, 0.2) is 72.7 Å². The van der Waals surface area contributed by atoms with Crippen molar-refractivity contribution in [1.29, 1.82) is 0 Å². The Morgan fingerprint density at radius 2 is 1.84 bits per heavy atom. The maximum absolute atomic E-state index is 11.9. The van der Waals surface area contributed by atoms with Gasteiger partial charge in [-0.15, -0.1) is 0 Å². The first kappa shape index (κ1) is 16.6. The van der Waals surface area contributed by atoms with E-state index in [4.69, 9.17) is 5.10 Å². The normalized spacial score (nSPS) is 10.3. The van der Waals surface area contributed by atoms with Crippen LogP contribution in [0.3, 0.4) is 0 Å². The fourth-order valence-electron chi connectivity index (χ4n) is 2.50. The number of allylic oxidation sites excluding steroid dienone is 1. The zero-order valence-electron chi connectivity index (χ0n) is 14.3. The van der Waals surface area contributed by atoms with Crippen LogP contribution in [-0.2, 0) is 11.3 Å². The van der Waals surface area contributed by atoms with E-state index in [-0.39, 0.29) is 5.91 Å². The summed E-state index contributed by atoms with van der Waals surface area (Å²) in [6.45, 7) is 4.21. The molecule has 2 aromatic heterocycles. The monoisotopic (exact) mass is 332 g/mol. The van der Waals surface area contributed by atoms with Crippen LogP contribution in [0, 0.1) is 0 Å². The van der Waals surface area contributed by atoms with Crippen LogP contribution in [0.1, 0.15) is 19.4 Å². The van der Waals surface area contributed by atoms with Crippen LogP contribution in [0.5, 0.6) is 0 Å². The Balaban J connectivity index is 1.93. The molecule has 5 nitrogen and oxygen atoms in total. The summed E-state index contributed by atoms with van der Waals surface area (Å²) in [5, 5.41) is 7.63. The minimum Gasteiger partial charge on any atom is -0.348 e. The summed E-state index contributed by atoms with van der Waals surface area (Å²) < 4.78 is 1.83. The molecule has 3 rings (SSSR count). The number of nitrogens with one attached hydrogen (secondary N) is 1. The average Bonchev–Trinajstić information content (AvgIpc) is 3.05. The molecule has 0 aliphatic carbocycles. The van der Waals surface area contributed by atoms with E-state index >= 15 is 0 Å². The molecule has 1 amide bonds. The van der Waals surface area contributed by atoms with Gasteiger partial charge in [-0.1, -0.05) is 23.8 Å². The Morgan fingerprint density at radius 3 is 2.52 bits per heavy atom. The number of carbonyl (C=O) groups excluding carboxylic acids is 1. The van der Waals surface area contributed by atoms with Gasteiger partial charge in [-0.3, -0.25) is 9.78 Å². The van der Waals surface area contributed by atoms with Crippen molar-refractivity contribution in [2.45, 2.75) is 20.4 Å². The molecule has 0 aliphatic rings.